The molecule has 0 unspecified atom stereocenters. The molecule has 2 aromatic carbocycles. The minimum absolute atomic E-state index is 0.101. The third-order valence-electron chi connectivity index (χ3n) is 5.47. The van der Waals surface area contributed by atoms with Gasteiger partial charge in [0.15, 0.2) is 5.75 Å². The number of aliphatic hydroxyl groups is 1. The molecule has 0 spiro atoms. The monoisotopic (exact) mass is 462 g/mol. The largest absolute Gasteiger partial charge is 0.454 e. The van der Waals surface area contributed by atoms with E-state index in [1.807, 2.05) is 50.2 Å². The summed E-state index contributed by atoms with van der Waals surface area (Å²) < 4.78 is 34.9. The average Bonchev–Trinajstić information content (AvgIpc) is 2.80. The van der Waals surface area contributed by atoms with E-state index in [2.05, 4.69) is 18.7 Å². The smallest absolute Gasteiger partial charge is 0.246 e. The Morgan fingerprint density at radius 2 is 1.50 bits per heavy atom. The third kappa shape index (κ3) is 6.47. The lowest BCUT2D eigenvalue weighted by atomic mass is 10.1. The zero-order valence-corrected chi connectivity index (χ0v) is 20.7. The number of sulfonamides is 1. The summed E-state index contributed by atoms with van der Waals surface area (Å²) in [5.41, 5.74) is 1.28. The second kappa shape index (κ2) is 12.8. The summed E-state index contributed by atoms with van der Waals surface area (Å²) in [5.74, 6) is 0.903. The van der Waals surface area contributed by atoms with E-state index < -0.39 is 10.0 Å². The van der Waals surface area contributed by atoms with Gasteiger partial charge in [0.25, 0.3) is 0 Å². The zero-order valence-electron chi connectivity index (χ0n) is 19.9. The molecule has 2 aromatic rings. The Kier molecular flexibility index (Phi) is 10.5. The van der Waals surface area contributed by atoms with E-state index in [0.29, 0.717) is 35.8 Å². The van der Waals surface area contributed by atoms with Crippen molar-refractivity contribution < 1.29 is 18.3 Å². The molecule has 32 heavy (non-hydrogen) atoms. The maximum atomic E-state index is 13.6. The number of hydrogen-bond donors (Lipinski definition) is 1. The van der Waals surface area contributed by atoms with E-state index in [1.165, 1.54) is 4.31 Å². The Balaban J connectivity index is 2.76. The fourth-order valence-corrected chi connectivity index (χ4v) is 5.26. The van der Waals surface area contributed by atoms with E-state index in [-0.39, 0.29) is 11.5 Å². The Hall–Kier alpha value is -2.09. The second-order valence-electron chi connectivity index (χ2n) is 7.80. The van der Waals surface area contributed by atoms with Crippen LogP contribution in [0.5, 0.6) is 11.5 Å². The molecule has 0 atom stereocenters. The fraction of sp³-hybridized carbons (Fsp3) is 0.520. The number of rotatable bonds is 14. The molecule has 0 fully saturated rings. The summed E-state index contributed by atoms with van der Waals surface area (Å²) in [7, 11) is -3.81. The molecule has 0 amide bonds. The molecule has 6 nitrogen and oxygen atoms in total. The van der Waals surface area contributed by atoms with Crippen LogP contribution in [0.4, 0.5) is 5.69 Å². The van der Waals surface area contributed by atoms with Crippen LogP contribution >= 0.6 is 0 Å². The standard InChI is InChI=1S/C25H38N2O4S/c1-5-9-16-26(17-10-6-2)23-18-21(20-28)19-24(32(29,30)27(7-3)8-4)25(23)31-22-14-12-11-13-15-22/h11-15,18-19,28H,5-10,16-17,20H2,1-4H3. The number of anilines is 1. The van der Waals surface area contributed by atoms with Crippen molar-refractivity contribution in [1.82, 2.24) is 4.31 Å². The van der Waals surface area contributed by atoms with Crippen LogP contribution in [0.2, 0.25) is 0 Å². The second-order valence-corrected chi connectivity index (χ2v) is 9.71. The first-order valence-electron chi connectivity index (χ1n) is 11.7. The molecule has 0 saturated carbocycles. The van der Waals surface area contributed by atoms with Crippen molar-refractivity contribution in [3.8, 4) is 11.5 Å². The van der Waals surface area contributed by atoms with E-state index in [1.54, 1.807) is 6.07 Å². The highest BCUT2D eigenvalue weighted by Gasteiger charge is 2.30. The number of nitrogens with zero attached hydrogens (tertiary/aromatic N) is 2. The molecule has 0 aliphatic rings. The molecule has 1 N–H and O–H groups in total. The fourth-order valence-electron chi connectivity index (χ4n) is 3.62. The quantitative estimate of drug-likeness (QED) is 0.407. The van der Waals surface area contributed by atoms with Gasteiger partial charge in [-0.05, 0) is 42.7 Å². The summed E-state index contributed by atoms with van der Waals surface area (Å²) in [6, 6.07) is 12.7. The summed E-state index contributed by atoms with van der Waals surface area (Å²) in [4.78, 5) is 2.30. The lowest BCUT2D eigenvalue weighted by Gasteiger charge is -2.29. The number of hydrogen-bond acceptors (Lipinski definition) is 5. The van der Waals surface area contributed by atoms with Gasteiger partial charge in [0, 0.05) is 26.2 Å². The van der Waals surface area contributed by atoms with Crippen LogP contribution in [0.3, 0.4) is 0 Å². The van der Waals surface area contributed by atoms with Crippen LogP contribution in [0.25, 0.3) is 0 Å². The number of unbranched alkanes of at least 4 members (excludes halogenated alkanes) is 2. The van der Waals surface area contributed by atoms with Crippen molar-refractivity contribution >= 4 is 15.7 Å². The Morgan fingerprint density at radius 1 is 0.906 bits per heavy atom. The van der Waals surface area contributed by atoms with Gasteiger partial charge in [-0.15, -0.1) is 0 Å². The van der Waals surface area contributed by atoms with Crippen molar-refractivity contribution in [3.63, 3.8) is 0 Å². The number of aliphatic hydroxyl groups excluding tert-OH is 1. The van der Waals surface area contributed by atoms with E-state index in [4.69, 9.17) is 4.74 Å². The lowest BCUT2D eigenvalue weighted by molar-refractivity contribution is 0.281. The van der Waals surface area contributed by atoms with Crippen LogP contribution in [0, 0.1) is 0 Å². The molecule has 178 valence electrons. The third-order valence-corrected chi connectivity index (χ3v) is 7.52. The molecule has 7 heteroatoms. The summed E-state index contributed by atoms with van der Waals surface area (Å²) in [6.45, 7) is 9.99. The minimum atomic E-state index is -3.81. The lowest BCUT2D eigenvalue weighted by Crippen LogP contribution is -2.32. The topological polar surface area (TPSA) is 70.1 Å². The number of para-hydroxylation sites is 1. The molecule has 2 rings (SSSR count). The molecule has 0 aromatic heterocycles. The average molecular weight is 463 g/mol. The van der Waals surface area contributed by atoms with Crippen LogP contribution in [-0.4, -0.2) is 44.0 Å². The highest BCUT2D eigenvalue weighted by molar-refractivity contribution is 7.89. The van der Waals surface area contributed by atoms with Gasteiger partial charge in [-0.2, -0.15) is 4.31 Å². The Bertz CT molecular complexity index is 920. The molecule has 0 bridgehead atoms. The van der Waals surface area contributed by atoms with Crippen LogP contribution < -0.4 is 9.64 Å². The van der Waals surface area contributed by atoms with Gasteiger partial charge in [-0.25, -0.2) is 8.42 Å². The molecule has 0 heterocycles. The highest BCUT2D eigenvalue weighted by Crippen LogP contribution is 2.41. The maximum Gasteiger partial charge on any atom is 0.246 e. The molecule has 0 aliphatic heterocycles. The number of benzene rings is 2. The number of ether oxygens (including phenoxy) is 1. The highest BCUT2D eigenvalue weighted by atomic mass is 32.2. The van der Waals surface area contributed by atoms with Gasteiger partial charge in [0.05, 0.1) is 12.3 Å². The predicted molar refractivity (Wildman–Crippen MR) is 131 cm³/mol. The predicted octanol–water partition coefficient (Wildman–Crippen LogP) is 5.41. The van der Waals surface area contributed by atoms with Gasteiger partial charge in [-0.3, -0.25) is 0 Å². The molecule has 0 saturated heterocycles. The van der Waals surface area contributed by atoms with Crippen LogP contribution in [0.1, 0.15) is 58.9 Å². The van der Waals surface area contributed by atoms with Crippen molar-refractivity contribution in [1.29, 1.82) is 0 Å². The SMILES string of the molecule is CCCCN(CCCC)c1cc(CO)cc(S(=O)(=O)N(CC)CC)c1Oc1ccccc1. The summed E-state index contributed by atoms with van der Waals surface area (Å²) in [5, 5.41) is 9.95. The summed E-state index contributed by atoms with van der Waals surface area (Å²) in [6.07, 6.45) is 4.02. The Labute approximate surface area is 193 Å². The normalized spacial score (nSPS) is 11.7. The van der Waals surface area contributed by atoms with Gasteiger partial charge in [0.2, 0.25) is 10.0 Å². The molecular formula is C25H38N2O4S. The zero-order chi connectivity index (χ0) is 23.6. The van der Waals surface area contributed by atoms with E-state index in [9.17, 15) is 13.5 Å². The van der Waals surface area contributed by atoms with Gasteiger partial charge < -0.3 is 14.7 Å². The maximum absolute atomic E-state index is 13.6. The van der Waals surface area contributed by atoms with Crippen LogP contribution in [-0.2, 0) is 16.6 Å². The Morgan fingerprint density at radius 3 is 2.00 bits per heavy atom. The van der Waals surface area contributed by atoms with Gasteiger partial charge in [-0.1, -0.05) is 58.7 Å². The first-order valence-corrected chi connectivity index (χ1v) is 13.1. The van der Waals surface area contributed by atoms with Crippen molar-refractivity contribution in [2.24, 2.45) is 0 Å². The molecular weight excluding hydrogens is 424 g/mol. The van der Waals surface area contributed by atoms with Crippen molar-refractivity contribution in [2.75, 3.05) is 31.1 Å². The van der Waals surface area contributed by atoms with E-state index >= 15 is 0 Å². The first kappa shape index (κ1) is 26.2. The van der Waals surface area contributed by atoms with Gasteiger partial charge in [0.1, 0.15) is 10.6 Å². The first-order chi connectivity index (χ1) is 15.4. The van der Waals surface area contributed by atoms with E-state index in [0.717, 1.165) is 38.8 Å². The minimum Gasteiger partial charge on any atom is -0.454 e. The van der Waals surface area contributed by atoms with Crippen LogP contribution in [0.15, 0.2) is 47.4 Å². The summed E-state index contributed by atoms with van der Waals surface area (Å²) >= 11 is 0. The van der Waals surface area contributed by atoms with Gasteiger partial charge >= 0.3 is 0 Å². The van der Waals surface area contributed by atoms with Crippen molar-refractivity contribution in [3.05, 3.63) is 48.0 Å². The van der Waals surface area contributed by atoms with Crippen molar-refractivity contribution in [2.45, 2.75) is 64.9 Å². The molecule has 0 radical (unpaired) electrons. The molecule has 0 aliphatic carbocycles.